The van der Waals surface area contributed by atoms with Gasteiger partial charge in [0.2, 0.25) is 0 Å². The number of rotatable bonds is 4. The van der Waals surface area contributed by atoms with Gasteiger partial charge in [-0.1, -0.05) is 15.9 Å². The van der Waals surface area contributed by atoms with Gasteiger partial charge < -0.3 is 9.64 Å². The van der Waals surface area contributed by atoms with Crippen molar-refractivity contribution >= 4 is 27.5 Å². The van der Waals surface area contributed by atoms with Gasteiger partial charge in [0.25, 0.3) is 0 Å². The predicted molar refractivity (Wildman–Crippen MR) is 82.0 cm³/mol. The maximum atomic E-state index is 6.04. The molecule has 2 aliphatic rings. The fourth-order valence-electron chi connectivity index (χ4n) is 3.06. The normalized spacial score (nSPS) is 25.1. The largest absolute Gasteiger partial charge is 0.493 e. The summed E-state index contributed by atoms with van der Waals surface area (Å²) < 4.78 is 6.94. The number of alkyl halides is 1. The molecule has 2 nitrogen and oxygen atoms in total. The van der Waals surface area contributed by atoms with Crippen molar-refractivity contribution in [2.75, 3.05) is 20.2 Å². The Morgan fingerprint density at radius 3 is 2.95 bits per heavy atom. The molecule has 0 atom stereocenters. The average molecular weight is 345 g/mol. The second-order valence-electron chi connectivity index (χ2n) is 5.78. The summed E-state index contributed by atoms with van der Waals surface area (Å²) in [5.41, 5.74) is 2.63. The molecule has 19 heavy (non-hydrogen) atoms. The predicted octanol–water partition coefficient (Wildman–Crippen LogP) is 3.83. The summed E-state index contributed by atoms with van der Waals surface area (Å²) in [7, 11) is 2.18. The number of nitrogens with zero attached hydrogens (tertiary/aromatic N) is 1. The van der Waals surface area contributed by atoms with Gasteiger partial charge >= 0.3 is 0 Å². The average Bonchev–Trinajstić information content (AvgIpc) is 2.74. The van der Waals surface area contributed by atoms with Crippen LogP contribution >= 0.6 is 27.5 Å². The summed E-state index contributed by atoms with van der Waals surface area (Å²) in [4.78, 5) is 2.39. The molecular formula is C15H19BrClNO. The highest BCUT2D eigenvalue weighted by Crippen LogP contribution is 2.35. The van der Waals surface area contributed by atoms with Crippen molar-refractivity contribution in [1.29, 1.82) is 0 Å². The third-order valence-electron chi connectivity index (χ3n) is 4.01. The molecule has 1 aliphatic heterocycles. The topological polar surface area (TPSA) is 12.5 Å². The molecule has 1 heterocycles. The van der Waals surface area contributed by atoms with Gasteiger partial charge in [-0.15, -0.1) is 11.6 Å². The van der Waals surface area contributed by atoms with E-state index in [1.807, 2.05) is 0 Å². The van der Waals surface area contributed by atoms with Crippen LogP contribution in [0.25, 0.3) is 0 Å². The fourth-order valence-corrected chi connectivity index (χ4v) is 4.12. The van der Waals surface area contributed by atoms with Crippen LogP contribution in [0.5, 0.6) is 5.75 Å². The molecule has 1 fully saturated rings. The summed E-state index contributed by atoms with van der Waals surface area (Å²) in [6.45, 7) is 2.90. The standard InChI is InChI=1S/C15H19BrClNO/c1-18(8-10-4-14(17)5-10)9-12-7-13(16)6-11-2-3-19-15(11)12/h6-7,10,14H,2-5,8-9H2,1H3. The van der Waals surface area contributed by atoms with Crippen molar-refractivity contribution in [2.45, 2.75) is 31.2 Å². The Morgan fingerprint density at radius 1 is 1.42 bits per heavy atom. The van der Waals surface area contributed by atoms with Gasteiger partial charge in [0.05, 0.1) is 6.61 Å². The molecule has 1 saturated carbocycles. The highest BCUT2D eigenvalue weighted by atomic mass is 79.9. The molecule has 1 aromatic rings. The lowest BCUT2D eigenvalue weighted by atomic mass is 9.84. The van der Waals surface area contributed by atoms with E-state index in [1.165, 1.54) is 24.0 Å². The maximum absolute atomic E-state index is 6.04. The van der Waals surface area contributed by atoms with Crippen LogP contribution in [0.15, 0.2) is 16.6 Å². The van der Waals surface area contributed by atoms with E-state index >= 15 is 0 Å². The molecule has 1 aliphatic carbocycles. The van der Waals surface area contributed by atoms with Crippen molar-refractivity contribution in [2.24, 2.45) is 5.92 Å². The first kappa shape index (κ1) is 13.7. The summed E-state index contributed by atoms with van der Waals surface area (Å²) in [5, 5.41) is 0.414. The van der Waals surface area contributed by atoms with E-state index in [9.17, 15) is 0 Å². The summed E-state index contributed by atoms with van der Waals surface area (Å²) in [6.07, 6.45) is 3.36. The maximum Gasteiger partial charge on any atom is 0.127 e. The van der Waals surface area contributed by atoms with Gasteiger partial charge in [-0.2, -0.15) is 0 Å². The Balaban J connectivity index is 1.66. The van der Waals surface area contributed by atoms with E-state index in [0.29, 0.717) is 5.38 Å². The molecule has 0 unspecified atom stereocenters. The first-order valence-corrected chi connectivity index (χ1v) is 8.11. The van der Waals surface area contributed by atoms with E-state index in [0.717, 1.165) is 42.3 Å². The van der Waals surface area contributed by atoms with Crippen LogP contribution < -0.4 is 4.74 Å². The Morgan fingerprint density at radius 2 is 2.21 bits per heavy atom. The first-order chi connectivity index (χ1) is 9.11. The molecule has 3 rings (SSSR count). The molecule has 104 valence electrons. The van der Waals surface area contributed by atoms with Crippen molar-refractivity contribution in [3.05, 3.63) is 27.7 Å². The lowest BCUT2D eigenvalue weighted by Gasteiger charge is -2.34. The van der Waals surface area contributed by atoms with Crippen molar-refractivity contribution in [3.63, 3.8) is 0 Å². The van der Waals surface area contributed by atoms with E-state index in [2.05, 4.69) is 40.0 Å². The fraction of sp³-hybridized carbons (Fsp3) is 0.600. The Bertz CT molecular complexity index is 473. The van der Waals surface area contributed by atoms with Crippen LogP contribution in [0, 0.1) is 5.92 Å². The lowest BCUT2D eigenvalue weighted by molar-refractivity contribution is 0.202. The van der Waals surface area contributed by atoms with E-state index in [1.54, 1.807) is 0 Å². The third kappa shape index (κ3) is 3.09. The number of ether oxygens (including phenoxy) is 1. The molecule has 0 aromatic heterocycles. The highest BCUT2D eigenvalue weighted by Gasteiger charge is 2.28. The monoisotopic (exact) mass is 343 g/mol. The van der Waals surface area contributed by atoms with Gasteiger partial charge in [-0.05, 0) is 43.5 Å². The Hall–Kier alpha value is -0.250. The molecule has 0 spiro atoms. The minimum atomic E-state index is 0.414. The number of hydrogen-bond acceptors (Lipinski definition) is 2. The SMILES string of the molecule is CN(Cc1cc(Br)cc2c1OCC2)CC1CC(Cl)C1. The molecule has 1 aromatic carbocycles. The lowest BCUT2D eigenvalue weighted by Crippen LogP contribution is -2.34. The van der Waals surface area contributed by atoms with Gasteiger partial charge in [-0.25, -0.2) is 0 Å². The third-order valence-corrected chi connectivity index (χ3v) is 4.83. The van der Waals surface area contributed by atoms with E-state index in [-0.39, 0.29) is 0 Å². The molecule has 0 saturated heterocycles. The van der Waals surface area contributed by atoms with Gasteiger partial charge in [0.15, 0.2) is 0 Å². The molecule has 0 N–H and O–H groups in total. The van der Waals surface area contributed by atoms with Gasteiger partial charge in [0, 0.05) is 34.9 Å². The molecule has 4 heteroatoms. The second-order valence-corrected chi connectivity index (χ2v) is 7.32. The van der Waals surface area contributed by atoms with Crippen LogP contribution in [0.4, 0.5) is 0 Å². The van der Waals surface area contributed by atoms with Crippen LogP contribution in [0.2, 0.25) is 0 Å². The van der Waals surface area contributed by atoms with E-state index in [4.69, 9.17) is 16.3 Å². The van der Waals surface area contributed by atoms with Crippen molar-refractivity contribution in [1.82, 2.24) is 4.90 Å². The number of halogens is 2. The van der Waals surface area contributed by atoms with Crippen LogP contribution in [-0.2, 0) is 13.0 Å². The molecule has 0 amide bonds. The summed E-state index contributed by atoms with van der Waals surface area (Å²) in [5.74, 6) is 1.88. The number of fused-ring (bicyclic) bond motifs is 1. The smallest absolute Gasteiger partial charge is 0.127 e. The zero-order valence-corrected chi connectivity index (χ0v) is 13.5. The number of hydrogen-bond donors (Lipinski definition) is 0. The van der Waals surface area contributed by atoms with Crippen LogP contribution in [0.3, 0.4) is 0 Å². The van der Waals surface area contributed by atoms with Crippen LogP contribution in [0.1, 0.15) is 24.0 Å². The van der Waals surface area contributed by atoms with E-state index < -0.39 is 0 Å². The zero-order valence-electron chi connectivity index (χ0n) is 11.2. The van der Waals surface area contributed by atoms with Crippen molar-refractivity contribution < 1.29 is 4.74 Å². The quantitative estimate of drug-likeness (QED) is 0.770. The zero-order chi connectivity index (χ0) is 13.4. The minimum Gasteiger partial charge on any atom is -0.493 e. The Kier molecular flexibility index (Phi) is 4.06. The molecule has 0 bridgehead atoms. The second kappa shape index (κ2) is 5.63. The molecular weight excluding hydrogens is 326 g/mol. The van der Waals surface area contributed by atoms with Crippen LogP contribution in [-0.4, -0.2) is 30.5 Å². The number of benzene rings is 1. The van der Waals surface area contributed by atoms with Gasteiger partial charge in [0.1, 0.15) is 5.75 Å². The Labute approximate surface area is 128 Å². The minimum absolute atomic E-state index is 0.414. The summed E-state index contributed by atoms with van der Waals surface area (Å²) in [6, 6.07) is 4.36. The highest BCUT2D eigenvalue weighted by molar-refractivity contribution is 9.10. The molecule has 0 radical (unpaired) electrons. The first-order valence-electron chi connectivity index (χ1n) is 6.88. The van der Waals surface area contributed by atoms with Crippen molar-refractivity contribution in [3.8, 4) is 5.75 Å². The summed E-state index contributed by atoms with van der Waals surface area (Å²) >= 11 is 9.64. The van der Waals surface area contributed by atoms with Gasteiger partial charge in [-0.3, -0.25) is 0 Å².